The average molecular weight is 521 g/mol. The molecule has 0 saturated carbocycles. The highest BCUT2D eigenvalue weighted by Gasteiger charge is 2.19. The van der Waals surface area contributed by atoms with Crippen LogP contribution in [0.4, 0.5) is 34.5 Å². The number of nitrogens with one attached hydrogen (secondary N) is 2. The van der Waals surface area contributed by atoms with Crippen LogP contribution >= 0.6 is 23.2 Å². The number of benzene rings is 2. The molecule has 13 heteroatoms. The molecule has 0 unspecified atom stereocenters. The summed E-state index contributed by atoms with van der Waals surface area (Å²) >= 11 is 11.8. The van der Waals surface area contributed by atoms with Crippen LogP contribution in [0.5, 0.6) is 11.5 Å². The minimum atomic E-state index is -1.37. The smallest absolute Gasteiger partial charge is 0.449 e. The molecule has 34 heavy (non-hydrogen) atoms. The van der Waals surface area contributed by atoms with E-state index in [0.717, 1.165) is 24.3 Å². The standard InChI is InChI=1S/C21H20Cl2F2N2O7/c1-3-5-31-19(28)26-15-9-17(11(22)7-13(15)24)33-21(30)34-18-10-16(14(25)8-12(18)23)27-20(29)32-6-4-2/h7-10H,3-6H2,1-2H3,(H,26,28)(H,27,29). The first-order valence-corrected chi connectivity index (χ1v) is 10.6. The quantitative estimate of drug-likeness (QED) is 0.291. The second-order valence-corrected chi connectivity index (χ2v) is 7.32. The first kappa shape index (κ1) is 26.9. The molecule has 0 aliphatic carbocycles. The van der Waals surface area contributed by atoms with E-state index in [4.69, 9.17) is 42.1 Å². The van der Waals surface area contributed by atoms with E-state index >= 15 is 0 Å². The zero-order valence-electron chi connectivity index (χ0n) is 18.0. The van der Waals surface area contributed by atoms with Gasteiger partial charge in [-0.2, -0.15) is 0 Å². The second-order valence-electron chi connectivity index (χ2n) is 6.50. The van der Waals surface area contributed by atoms with Crippen LogP contribution in [0.25, 0.3) is 0 Å². The van der Waals surface area contributed by atoms with Crippen molar-refractivity contribution in [2.45, 2.75) is 26.7 Å². The van der Waals surface area contributed by atoms with Crippen LogP contribution in [0.1, 0.15) is 26.7 Å². The fourth-order valence-corrected chi connectivity index (χ4v) is 2.67. The van der Waals surface area contributed by atoms with Crippen LogP contribution in [-0.4, -0.2) is 31.6 Å². The maximum absolute atomic E-state index is 14.1. The molecule has 2 aromatic rings. The van der Waals surface area contributed by atoms with Gasteiger partial charge in [0.05, 0.1) is 34.6 Å². The van der Waals surface area contributed by atoms with E-state index in [1.807, 2.05) is 0 Å². The van der Waals surface area contributed by atoms with Crippen molar-refractivity contribution in [2.75, 3.05) is 23.8 Å². The third-order valence-electron chi connectivity index (χ3n) is 3.78. The summed E-state index contributed by atoms with van der Waals surface area (Å²) in [6, 6.07) is 3.48. The number of rotatable bonds is 8. The Balaban J connectivity index is 2.14. The Morgan fingerprint density at radius 1 is 0.765 bits per heavy atom. The summed E-state index contributed by atoms with van der Waals surface area (Å²) in [6.07, 6.45) is -2.11. The Kier molecular flexibility index (Phi) is 10.1. The highest BCUT2D eigenvalue weighted by Crippen LogP contribution is 2.33. The molecule has 184 valence electrons. The minimum Gasteiger partial charge on any atom is -0.449 e. The van der Waals surface area contributed by atoms with Gasteiger partial charge in [-0.3, -0.25) is 10.6 Å². The van der Waals surface area contributed by atoms with Gasteiger partial charge in [-0.1, -0.05) is 37.0 Å². The van der Waals surface area contributed by atoms with Crippen molar-refractivity contribution in [1.82, 2.24) is 0 Å². The van der Waals surface area contributed by atoms with E-state index in [1.165, 1.54) is 0 Å². The zero-order chi connectivity index (χ0) is 25.3. The topological polar surface area (TPSA) is 112 Å². The van der Waals surface area contributed by atoms with Gasteiger partial charge in [0.1, 0.15) is 11.6 Å². The average Bonchev–Trinajstić information content (AvgIpc) is 2.77. The number of ether oxygens (including phenoxy) is 4. The summed E-state index contributed by atoms with van der Waals surface area (Å²) in [7, 11) is 0. The predicted octanol–water partition coefficient (Wildman–Crippen LogP) is 6.77. The van der Waals surface area contributed by atoms with Crippen molar-refractivity contribution >= 4 is 52.9 Å². The number of hydrogen-bond acceptors (Lipinski definition) is 7. The Morgan fingerprint density at radius 3 is 1.50 bits per heavy atom. The Bertz CT molecular complexity index is 988. The van der Waals surface area contributed by atoms with E-state index < -0.39 is 30.0 Å². The SMILES string of the molecule is CCCOC(=O)Nc1cc(OC(=O)Oc2cc(NC(=O)OCCC)c(F)cc2Cl)c(Cl)cc1F. The van der Waals surface area contributed by atoms with Gasteiger partial charge in [-0.05, 0) is 25.0 Å². The van der Waals surface area contributed by atoms with Gasteiger partial charge >= 0.3 is 18.3 Å². The lowest BCUT2D eigenvalue weighted by Gasteiger charge is -2.13. The lowest BCUT2D eigenvalue weighted by Crippen LogP contribution is -2.17. The van der Waals surface area contributed by atoms with Gasteiger partial charge in [-0.25, -0.2) is 23.2 Å². The molecule has 0 heterocycles. The zero-order valence-corrected chi connectivity index (χ0v) is 19.5. The highest BCUT2D eigenvalue weighted by atomic mass is 35.5. The van der Waals surface area contributed by atoms with Crippen molar-refractivity contribution in [3.8, 4) is 11.5 Å². The van der Waals surface area contributed by atoms with Crippen LogP contribution in [0, 0.1) is 11.6 Å². The molecule has 0 aliphatic rings. The van der Waals surface area contributed by atoms with Crippen molar-refractivity contribution in [3.05, 3.63) is 45.9 Å². The van der Waals surface area contributed by atoms with Crippen LogP contribution in [0.15, 0.2) is 24.3 Å². The van der Waals surface area contributed by atoms with Gasteiger partial charge in [0.15, 0.2) is 11.5 Å². The Morgan fingerprint density at radius 2 is 1.15 bits per heavy atom. The van der Waals surface area contributed by atoms with Crippen molar-refractivity contribution in [2.24, 2.45) is 0 Å². The molecule has 2 amide bonds. The van der Waals surface area contributed by atoms with Gasteiger partial charge in [-0.15, -0.1) is 0 Å². The number of carbonyl (C=O) groups excluding carboxylic acids is 3. The molecule has 9 nitrogen and oxygen atoms in total. The Hall–Kier alpha value is -3.31. The van der Waals surface area contributed by atoms with Gasteiger partial charge in [0.2, 0.25) is 0 Å². The van der Waals surface area contributed by atoms with E-state index in [1.54, 1.807) is 13.8 Å². The van der Waals surface area contributed by atoms with E-state index in [9.17, 15) is 23.2 Å². The van der Waals surface area contributed by atoms with E-state index in [2.05, 4.69) is 10.6 Å². The number of amides is 2. The van der Waals surface area contributed by atoms with Crippen LogP contribution in [0.2, 0.25) is 10.0 Å². The van der Waals surface area contributed by atoms with E-state index in [-0.39, 0.29) is 46.1 Å². The molecule has 2 N–H and O–H groups in total. The van der Waals surface area contributed by atoms with Gasteiger partial charge < -0.3 is 18.9 Å². The van der Waals surface area contributed by atoms with Gasteiger partial charge in [0.25, 0.3) is 0 Å². The van der Waals surface area contributed by atoms with Crippen LogP contribution in [0.3, 0.4) is 0 Å². The van der Waals surface area contributed by atoms with Gasteiger partial charge in [0, 0.05) is 12.1 Å². The Labute approximate surface area is 203 Å². The maximum Gasteiger partial charge on any atom is 0.519 e. The third-order valence-corrected chi connectivity index (χ3v) is 4.37. The fourth-order valence-electron chi connectivity index (χ4n) is 2.29. The van der Waals surface area contributed by atoms with Crippen LogP contribution < -0.4 is 20.1 Å². The molecule has 0 saturated heterocycles. The van der Waals surface area contributed by atoms with Crippen molar-refractivity contribution in [3.63, 3.8) is 0 Å². The predicted molar refractivity (Wildman–Crippen MR) is 120 cm³/mol. The molecule has 0 radical (unpaired) electrons. The maximum atomic E-state index is 14.1. The molecular formula is C21H20Cl2F2N2O7. The summed E-state index contributed by atoms with van der Waals surface area (Å²) in [5, 5.41) is 3.67. The molecule has 0 aromatic heterocycles. The van der Waals surface area contributed by atoms with E-state index in [0.29, 0.717) is 12.8 Å². The molecule has 2 rings (SSSR count). The van der Waals surface area contributed by atoms with Crippen molar-refractivity contribution in [1.29, 1.82) is 0 Å². The number of hydrogen-bond donors (Lipinski definition) is 2. The number of carbonyl (C=O) groups is 3. The lowest BCUT2D eigenvalue weighted by atomic mass is 10.3. The number of halogens is 4. The second kappa shape index (κ2) is 12.8. The lowest BCUT2D eigenvalue weighted by molar-refractivity contribution is 0.152. The van der Waals surface area contributed by atoms with Crippen molar-refractivity contribution < 1.29 is 42.1 Å². The molecule has 2 aromatic carbocycles. The largest absolute Gasteiger partial charge is 0.519 e. The molecular weight excluding hydrogens is 501 g/mol. The molecule has 0 bridgehead atoms. The summed E-state index contributed by atoms with van der Waals surface area (Å²) in [4.78, 5) is 35.6. The summed E-state index contributed by atoms with van der Waals surface area (Å²) in [5.74, 6) is -2.55. The third kappa shape index (κ3) is 7.92. The monoisotopic (exact) mass is 520 g/mol. The molecule has 0 fully saturated rings. The minimum absolute atomic E-state index is 0.113. The normalized spacial score (nSPS) is 10.3. The van der Waals surface area contributed by atoms with Crippen LogP contribution in [-0.2, 0) is 9.47 Å². The highest BCUT2D eigenvalue weighted by molar-refractivity contribution is 6.32. The molecule has 0 aliphatic heterocycles. The molecule has 0 spiro atoms. The first-order valence-electron chi connectivity index (χ1n) is 9.89. The summed E-state index contributed by atoms with van der Waals surface area (Å²) < 4.78 is 47.7. The molecule has 0 atom stereocenters. The fraction of sp³-hybridized carbons (Fsp3) is 0.286. The first-order chi connectivity index (χ1) is 16.1. The number of anilines is 2. The summed E-state index contributed by atoms with van der Waals surface area (Å²) in [6.45, 7) is 3.78. The summed E-state index contributed by atoms with van der Waals surface area (Å²) in [5.41, 5.74) is -0.740.